The van der Waals surface area contributed by atoms with Gasteiger partial charge in [-0.2, -0.15) is 13.2 Å². The number of nitrogen functional groups attached to an aromatic ring is 1. The molecular formula is C12H10F3N3O. The molecule has 100 valence electrons. The Balaban J connectivity index is 2.14. The Labute approximate surface area is 107 Å². The molecule has 0 fully saturated rings. The number of hydrogen-bond donors (Lipinski definition) is 1. The topological polar surface area (TPSA) is 61.0 Å². The highest BCUT2D eigenvalue weighted by molar-refractivity contribution is 5.35. The minimum Gasteiger partial charge on any atom is -0.487 e. The largest absolute Gasteiger partial charge is 0.487 e. The lowest BCUT2D eigenvalue weighted by Gasteiger charge is -2.13. The minimum absolute atomic E-state index is 0.111. The number of nitrogens with two attached hydrogens (primary N) is 1. The number of aromatic nitrogens is 2. The zero-order valence-electron chi connectivity index (χ0n) is 9.69. The maximum atomic E-state index is 12.7. The Kier molecular flexibility index (Phi) is 3.55. The number of anilines is 1. The number of hydrogen-bond acceptors (Lipinski definition) is 4. The van der Waals surface area contributed by atoms with Crippen LogP contribution in [0.3, 0.4) is 0 Å². The molecule has 0 aliphatic heterocycles. The van der Waals surface area contributed by atoms with Crippen LogP contribution in [0.4, 0.5) is 19.0 Å². The van der Waals surface area contributed by atoms with Crippen LogP contribution in [0.25, 0.3) is 0 Å². The van der Waals surface area contributed by atoms with Crippen LogP contribution in [0, 0.1) is 0 Å². The maximum Gasteiger partial charge on any atom is 0.419 e. The van der Waals surface area contributed by atoms with Crippen LogP contribution in [-0.4, -0.2) is 9.97 Å². The molecule has 2 aromatic rings. The van der Waals surface area contributed by atoms with E-state index in [2.05, 4.69) is 9.97 Å². The van der Waals surface area contributed by atoms with Gasteiger partial charge in [0.05, 0.1) is 23.7 Å². The van der Waals surface area contributed by atoms with Crippen molar-refractivity contribution < 1.29 is 17.9 Å². The summed E-state index contributed by atoms with van der Waals surface area (Å²) in [4.78, 5) is 7.67. The lowest BCUT2D eigenvalue weighted by molar-refractivity contribution is -0.139. The van der Waals surface area contributed by atoms with Gasteiger partial charge in [0, 0.05) is 0 Å². The normalized spacial score (nSPS) is 11.3. The second kappa shape index (κ2) is 5.13. The molecule has 1 heterocycles. The summed E-state index contributed by atoms with van der Waals surface area (Å²) < 4.78 is 43.2. The summed E-state index contributed by atoms with van der Waals surface area (Å²) in [5.41, 5.74) is 4.93. The SMILES string of the molecule is Nc1cnc(COc2ccccc2C(F)(F)F)cn1. The Hall–Kier alpha value is -2.31. The van der Waals surface area contributed by atoms with Crippen molar-refractivity contribution in [3.05, 3.63) is 47.9 Å². The van der Waals surface area contributed by atoms with Crippen LogP contribution < -0.4 is 10.5 Å². The van der Waals surface area contributed by atoms with Gasteiger partial charge >= 0.3 is 6.18 Å². The summed E-state index contributed by atoms with van der Waals surface area (Å²) in [6, 6.07) is 5.00. The van der Waals surface area contributed by atoms with Crippen molar-refractivity contribution in [1.82, 2.24) is 9.97 Å². The van der Waals surface area contributed by atoms with Crippen LogP contribution in [0.1, 0.15) is 11.3 Å². The van der Waals surface area contributed by atoms with Gasteiger partial charge in [-0.05, 0) is 12.1 Å². The molecule has 7 heteroatoms. The number of ether oxygens (including phenoxy) is 1. The molecule has 1 aromatic carbocycles. The molecule has 1 aromatic heterocycles. The number of nitrogens with zero attached hydrogens (tertiary/aromatic N) is 2. The molecule has 0 spiro atoms. The second-order valence-corrected chi connectivity index (χ2v) is 3.72. The molecule has 0 aliphatic rings. The van der Waals surface area contributed by atoms with Gasteiger partial charge in [-0.1, -0.05) is 12.1 Å². The van der Waals surface area contributed by atoms with E-state index in [1.807, 2.05) is 0 Å². The van der Waals surface area contributed by atoms with Gasteiger partial charge < -0.3 is 10.5 Å². The molecule has 4 nitrogen and oxygen atoms in total. The van der Waals surface area contributed by atoms with Gasteiger partial charge in [-0.15, -0.1) is 0 Å². The van der Waals surface area contributed by atoms with E-state index in [0.29, 0.717) is 5.69 Å². The first-order valence-electron chi connectivity index (χ1n) is 5.32. The average Bonchev–Trinajstić information content (AvgIpc) is 2.37. The lowest BCUT2D eigenvalue weighted by Crippen LogP contribution is -2.09. The third-order valence-electron chi connectivity index (χ3n) is 2.29. The lowest BCUT2D eigenvalue weighted by atomic mass is 10.2. The van der Waals surface area contributed by atoms with Crippen molar-refractivity contribution in [1.29, 1.82) is 0 Å². The number of para-hydroxylation sites is 1. The summed E-state index contributed by atoms with van der Waals surface area (Å²) >= 11 is 0. The predicted octanol–water partition coefficient (Wildman–Crippen LogP) is 2.66. The molecule has 0 saturated heterocycles. The van der Waals surface area contributed by atoms with E-state index in [0.717, 1.165) is 6.07 Å². The van der Waals surface area contributed by atoms with Crippen molar-refractivity contribution in [3.63, 3.8) is 0 Å². The van der Waals surface area contributed by atoms with Crippen molar-refractivity contribution >= 4 is 5.82 Å². The first kappa shape index (κ1) is 13.1. The van der Waals surface area contributed by atoms with Crippen LogP contribution in [0.2, 0.25) is 0 Å². The van der Waals surface area contributed by atoms with Gasteiger partial charge in [-0.3, -0.25) is 4.98 Å². The minimum atomic E-state index is -4.45. The van der Waals surface area contributed by atoms with Gasteiger partial charge in [0.15, 0.2) is 0 Å². The van der Waals surface area contributed by atoms with Gasteiger partial charge in [0.25, 0.3) is 0 Å². The first-order valence-corrected chi connectivity index (χ1v) is 5.32. The van der Waals surface area contributed by atoms with E-state index < -0.39 is 11.7 Å². The predicted molar refractivity (Wildman–Crippen MR) is 62.2 cm³/mol. The summed E-state index contributed by atoms with van der Waals surface area (Å²) in [6.07, 6.45) is -1.79. The maximum absolute atomic E-state index is 12.7. The molecule has 0 aliphatic carbocycles. The van der Waals surface area contributed by atoms with E-state index in [1.165, 1.54) is 30.6 Å². The van der Waals surface area contributed by atoms with E-state index >= 15 is 0 Å². The third kappa shape index (κ3) is 3.34. The van der Waals surface area contributed by atoms with Crippen LogP contribution in [0.15, 0.2) is 36.7 Å². The zero-order valence-corrected chi connectivity index (χ0v) is 9.69. The Morgan fingerprint density at radius 3 is 2.47 bits per heavy atom. The highest BCUT2D eigenvalue weighted by Gasteiger charge is 2.33. The van der Waals surface area contributed by atoms with Gasteiger partial charge in [-0.25, -0.2) is 4.98 Å². The van der Waals surface area contributed by atoms with Gasteiger partial charge in [0.1, 0.15) is 18.2 Å². The molecule has 0 radical (unpaired) electrons. The Morgan fingerprint density at radius 1 is 1.11 bits per heavy atom. The van der Waals surface area contributed by atoms with Crippen molar-refractivity contribution in [2.75, 3.05) is 5.73 Å². The van der Waals surface area contributed by atoms with E-state index in [-0.39, 0.29) is 18.2 Å². The third-order valence-corrected chi connectivity index (χ3v) is 2.29. The number of alkyl halides is 3. The zero-order chi connectivity index (χ0) is 13.9. The summed E-state index contributed by atoms with van der Waals surface area (Å²) in [7, 11) is 0. The molecule has 0 atom stereocenters. The number of benzene rings is 1. The molecular weight excluding hydrogens is 259 g/mol. The van der Waals surface area contributed by atoms with E-state index in [4.69, 9.17) is 10.5 Å². The summed E-state index contributed by atoms with van der Waals surface area (Å²) in [5, 5.41) is 0. The highest BCUT2D eigenvalue weighted by Crippen LogP contribution is 2.36. The van der Waals surface area contributed by atoms with Crippen LogP contribution >= 0.6 is 0 Å². The monoisotopic (exact) mass is 269 g/mol. The molecule has 2 rings (SSSR count). The molecule has 19 heavy (non-hydrogen) atoms. The molecule has 0 bridgehead atoms. The van der Waals surface area contributed by atoms with Gasteiger partial charge in [0.2, 0.25) is 0 Å². The second-order valence-electron chi connectivity index (χ2n) is 3.72. The van der Waals surface area contributed by atoms with E-state index in [9.17, 15) is 13.2 Å². The standard InChI is InChI=1S/C12H10F3N3O/c13-12(14,15)9-3-1-2-4-10(9)19-7-8-5-18-11(16)6-17-8/h1-6H,7H2,(H2,16,18). The Morgan fingerprint density at radius 2 is 1.84 bits per heavy atom. The molecule has 0 amide bonds. The van der Waals surface area contributed by atoms with E-state index in [1.54, 1.807) is 0 Å². The number of rotatable bonds is 3. The van der Waals surface area contributed by atoms with Crippen LogP contribution in [-0.2, 0) is 12.8 Å². The fourth-order valence-corrected chi connectivity index (χ4v) is 1.42. The molecule has 0 saturated carbocycles. The van der Waals surface area contributed by atoms with Crippen molar-refractivity contribution in [2.24, 2.45) is 0 Å². The Bertz CT molecular complexity index is 555. The molecule has 0 unspecified atom stereocenters. The van der Waals surface area contributed by atoms with Crippen molar-refractivity contribution in [2.45, 2.75) is 12.8 Å². The fourth-order valence-electron chi connectivity index (χ4n) is 1.42. The molecule has 2 N–H and O–H groups in total. The van der Waals surface area contributed by atoms with Crippen molar-refractivity contribution in [3.8, 4) is 5.75 Å². The average molecular weight is 269 g/mol. The quantitative estimate of drug-likeness (QED) is 0.930. The first-order chi connectivity index (χ1) is 8.97. The summed E-state index contributed by atoms with van der Waals surface area (Å²) in [6.45, 7) is -0.111. The highest BCUT2D eigenvalue weighted by atomic mass is 19.4. The van der Waals surface area contributed by atoms with Crippen LogP contribution in [0.5, 0.6) is 5.75 Å². The number of halogens is 3. The smallest absolute Gasteiger partial charge is 0.419 e. The fraction of sp³-hybridized carbons (Fsp3) is 0.167. The summed E-state index contributed by atoms with van der Waals surface area (Å²) in [5.74, 6) is -0.00642.